The standard InChI is InChI=1S/C28H20FN3O5/c29-19-7-2-1-6-18(19)26(27(33)30-17-11-12-22-24(16-17)37-15-14-36-22)32-21-9-4-3-8-20(21)31-25(28(32)34)23-10-5-13-35-23/h1-13,16,26H,14-15H2,(H,30,33). The molecule has 37 heavy (non-hydrogen) atoms. The van der Waals surface area contributed by atoms with Crippen LogP contribution in [0.5, 0.6) is 11.5 Å². The van der Waals surface area contributed by atoms with Crippen molar-refractivity contribution in [2.45, 2.75) is 6.04 Å². The second-order valence-corrected chi connectivity index (χ2v) is 8.37. The van der Waals surface area contributed by atoms with Crippen LogP contribution >= 0.6 is 0 Å². The lowest BCUT2D eigenvalue weighted by atomic mass is 10.0. The highest BCUT2D eigenvalue weighted by Crippen LogP contribution is 2.34. The highest BCUT2D eigenvalue weighted by molar-refractivity contribution is 5.97. The predicted octanol–water partition coefficient (Wildman–Crippen LogP) is 4.79. The molecule has 1 unspecified atom stereocenters. The van der Waals surface area contributed by atoms with Gasteiger partial charge in [0.1, 0.15) is 25.1 Å². The van der Waals surface area contributed by atoms with Crippen molar-refractivity contribution < 1.29 is 23.1 Å². The van der Waals surface area contributed by atoms with Gasteiger partial charge in [0, 0.05) is 17.3 Å². The first-order chi connectivity index (χ1) is 18.1. The molecule has 1 amide bonds. The summed E-state index contributed by atoms with van der Waals surface area (Å²) in [5.41, 5.74) is 0.668. The van der Waals surface area contributed by atoms with Crippen LogP contribution in [0, 0.1) is 5.82 Å². The lowest BCUT2D eigenvalue weighted by Crippen LogP contribution is -2.36. The van der Waals surface area contributed by atoms with Gasteiger partial charge in [0.2, 0.25) is 0 Å². The Morgan fingerprint density at radius 1 is 0.946 bits per heavy atom. The number of anilines is 1. The highest BCUT2D eigenvalue weighted by atomic mass is 19.1. The Kier molecular flexibility index (Phi) is 5.65. The van der Waals surface area contributed by atoms with Gasteiger partial charge in [-0.2, -0.15) is 0 Å². The van der Waals surface area contributed by atoms with Crippen LogP contribution in [-0.2, 0) is 4.79 Å². The van der Waals surface area contributed by atoms with Gasteiger partial charge in [-0.15, -0.1) is 0 Å². The summed E-state index contributed by atoms with van der Waals surface area (Å²) >= 11 is 0. The first-order valence-electron chi connectivity index (χ1n) is 11.6. The van der Waals surface area contributed by atoms with Gasteiger partial charge in [0.05, 0.1) is 17.3 Å². The van der Waals surface area contributed by atoms with E-state index in [-0.39, 0.29) is 17.0 Å². The van der Waals surface area contributed by atoms with E-state index >= 15 is 4.39 Å². The topological polar surface area (TPSA) is 95.6 Å². The number of carbonyl (C=O) groups excluding carboxylic acids is 1. The normalized spacial score (nSPS) is 13.3. The smallest absolute Gasteiger partial charge is 0.281 e. The maximum absolute atomic E-state index is 15.2. The van der Waals surface area contributed by atoms with Crippen LogP contribution in [0.1, 0.15) is 11.6 Å². The van der Waals surface area contributed by atoms with E-state index in [0.717, 1.165) is 0 Å². The molecule has 184 valence electrons. The third-order valence-electron chi connectivity index (χ3n) is 6.07. The van der Waals surface area contributed by atoms with Crippen LogP contribution in [0.3, 0.4) is 0 Å². The fraction of sp³-hybridized carbons (Fsp3) is 0.107. The summed E-state index contributed by atoms with van der Waals surface area (Å²) in [6.45, 7) is 0.820. The molecule has 3 heterocycles. The van der Waals surface area contributed by atoms with Crippen molar-refractivity contribution in [2.24, 2.45) is 0 Å². The third kappa shape index (κ3) is 4.10. The van der Waals surface area contributed by atoms with E-state index in [9.17, 15) is 9.59 Å². The van der Waals surface area contributed by atoms with Gasteiger partial charge in [-0.05, 0) is 42.5 Å². The molecule has 2 aromatic heterocycles. The van der Waals surface area contributed by atoms with E-state index in [2.05, 4.69) is 10.3 Å². The molecular weight excluding hydrogens is 477 g/mol. The van der Waals surface area contributed by atoms with E-state index in [1.165, 1.54) is 29.0 Å². The Morgan fingerprint density at radius 2 is 1.73 bits per heavy atom. The number of halogens is 1. The zero-order valence-corrected chi connectivity index (χ0v) is 19.4. The first-order valence-corrected chi connectivity index (χ1v) is 11.6. The number of aromatic nitrogens is 2. The van der Waals surface area contributed by atoms with Crippen LogP contribution < -0.4 is 20.3 Å². The molecular formula is C28H20FN3O5. The van der Waals surface area contributed by atoms with Crippen LogP contribution in [0.4, 0.5) is 10.1 Å². The molecule has 0 aliphatic carbocycles. The van der Waals surface area contributed by atoms with E-state index in [1.807, 2.05) is 0 Å². The van der Waals surface area contributed by atoms with Crippen molar-refractivity contribution in [3.63, 3.8) is 0 Å². The quantitative estimate of drug-likeness (QED) is 0.375. The molecule has 0 radical (unpaired) electrons. The highest BCUT2D eigenvalue weighted by Gasteiger charge is 2.30. The molecule has 0 spiro atoms. The van der Waals surface area contributed by atoms with Crippen LogP contribution in [0.15, 0.2) is 94.3 Å². The average Bonchev–Trinajstić information content (AvgIpc) is 3.46. The summed E-state index contributed by atoms with van der Waals surface area (Å²) in [4.78, 5) is 32.2. The van der Waals surface area contributed by atoms with E-state index < -0.39 is 23.3 Å². The number of hydrogen-bond acceptors (Lipinski definition) is 6. The second kappa shape index (κ2) is 9.27. The number of fused-ring (bicyclic) bond motifs is 2. The second-order valence-electron chi connectivity index (χ2n) is 8.37. The zero-order chi connectivity index (χ0) is 25.4. The van der Waals surface area contributed by atoms with Crippen molar-refractivity contribution in [1.29, 1.82) is 0 Å². The van der Waals surface area contributed by atoms with Gasteiger partial charge < -0.3 is 19.2 Å². The Balaban J connectivity index is 1.54. The fourth-order valence-electron chi connectivity index (χ4n) is 4.41. The SMILES string of the molecule is O=C(Nc1ccc2c(c1)OCCO2)C(c1ccccc1F)n1c(=O)c(-c2ccco2)nc2ccccc21. The number of para-hydroxylation sites is 2. The Bertz CT molecular complexity index is 1680. The molecule has 0 fully saturated rings. The predicted molar refractivity (Wildman–Crippen MR) is 134 cm³/mol. The Morgan fingerprint density at radius 3 is 2.54 bits per heavy atom. The maximum Gasteiger partial charge on any atom is 0.281 e. The number of amides is 1. The van der Waals surface area contributed by atoms with Crippen molar-refractivity contribution in [2.75, 3.05) is 18.5 Å². The Hall–Kier alpha value is -4.92. The van der Waals surface area contributed by atoms with Crippen molar-refractivity contribution in [3.05, 3.63) is 107 Å². The molecule has 1 atom stereocenters. The number of nitrogens with zero attached hydrogens (tertiary/aromatic N) is 2. The van der Waals surface area contributed by atoms with Crippen LogP contribution in [0.25, 0.3) is 22.5 Å². The minimum Gasteiger partial charge on any atom is -0.486 e. The molecule has 6 rings (SSSR count). The number of benzene rings is 3. The monoisotopic (exact) mass is 497 g/mol. The molecule has 0 saturated heterocycles. The average molecular weight is 497 g/mol. The van der Waals surface area contributed by atoms with Crippen molar-refractivity contribution in [1.82, 2.24) is 9.55 Å². The van der Waals surface area contributed by atoms with Crippen LogP contribution in [0.2, 0.25) is 0 Å². The van der Waals surface area contributed by atoms with E-state index in [4.69, 9.17) is 13.9 Å². The van der Waals surface area contributed by atoms with E-state index in [0.29, 0.717) is 41.4 Å². The fourth-order valence-corrected chi connectivity index (χ4v) is 4.41. The lowest BCUT2D eigenvalue weighted by molar-refractivity contribution is -0.118. The number of furan rings is 1. The first kappa shape index (κ1) is 22.5. The van der Waals surface area contributed by atoms with Gasteiger partial charge in [0.25, 0.3) is 11.5 Å². The summed E-state index contributed by atoms with van der Waals surface area (Å²) < 4.78 is 33.1. The molecule has 1 aliphatic rings. The molecule has 0 bridgehead atoms. The van der Waals surface area contributed by atoms with E-state index in [1.54, 1.807) is 60.7 Å². The molecule has 3 aromatic carbocycles. The molecule has 5 aromatic rings. The van der Waals surface area contributed by atoms with Crippen LogP contribution in [-0.4, -0.2) is 28.7 Å². The minimum absolute atomic E-state index is 0.0113. The van der Waals surface area contributed by atoms with Gasteiger partial charge in [-0.25, -0.2) is 9.37 Å². The van der Waals surface area contributed by atoms with Crippen molar-refractivity contribution >= 4 is 22.6 Å². The summed E-state index contributed by atoms with van der Waals surface area (Å²) in [7, 11) is 0. The van der Waals surface area contributed by atoms with Gasteiger partial charge >= 0.3 is 0 Å². The summed E-state index contributed by atoms with van der Waals surface area (Å²) in [6, 6.07) is 19.6. The van der Waals surface area contributed by atoms with Gasteiger partial charge in [-0.3, -0.25) is 14.2 Å². The lowest BCUT2D eigenvalue weighted by Gasteiger charge is -2.23. The number of rotatable bonds is 5. The number of nitrogens with one attached hydrogen (secondary N) is 1. The summed E-state index contributed by atoms with van der Waals surface area (Å²) in [5.74, 6) is 0.0410. The molecule has 1 aliphatic heterocycles. The minimum atomic E-state index is -1.36. The molecule has 1 N–H and O–H groups in total. The molecule has 8 nitrogen and oxygen atoms in total. The summed E-state index contributed by atoms with van der Waals surface area (Å²) in [6.07, 6.45) is 1.43. The van der Waals surface area contributed by atoms with Crippen molar-refractivity contribution in [3.8, 4) is 23.0 Å². The summed E-state index contributed by atoms with van der Waals surface area (Å²) in [5, 5.41) is 2.82. The molecule has 9 heteroatoms. The number of ether oxygens (including phenoxy) is 2. The maximum atomic E-state index is 15.2. The number of hydrogen-bond donors (Lipinski definition) is 1. The Labute approximate surface area is 209 Å². The zero-order valence-electron chi connectivity index (χ0n) is 19.4. The van der Waals surface area contributed by atoms with Gasteiger partial charge in [-0.1, -0.05) is 30.3 Å². The largest absolute Gasteiger partial charge is 0.486 e. The number of carbonyl (C=O) groups is 1. The third-order valence-corrected chi connectivity index (χ3v) is 6.07. The van der Waals surface area contributed by atoms with Gasteiger partial charge in [0.15, 0.2) is 23.0 Å². The molecule has 0 saturated carbocycles.